The van der Waals surface area contributed by atoms with E-state index < -0.39 is 0 Å². The molecule has 3 heterocycles. The Labute approximate surface area is 116 Å². The van der Waals surface area contributed by atoms with Crippen molar-refractivity contribution in [1.82, 2.24) is 19.7 Å². The predicted octanol–water partition coefficient (Wildman–Crippen LogP) is 1.24. The minimum Gasteiger partial charge on any atom is -0.438 e. The van der Waals surface area contributed by atoms with Gasteiger partial charge in [0.1, 0.15) is 5.82 Å². The minimum atomic E-state index is -0.0848. The van der Waals surface area contributed by atoms with E-state index in [0.717, 1.165) is 12.8 Å². The van der Waals surface area contributed by atoms with Gasteiger partial charge in [-0.25, -0.2) is 4.98 Å². The molecule has 20 heavy (non-hydrogen) atoms. The number of nitrogens with zero attached hydrogens (tertiary/aromatic N) is 4. The highest BCUT2D eigenvalue weighted by Crippen LogP contribution is 2.23. The third kappa shape index (κ3) is 2.26. The molecule has 0 radical (unpaired) electrons. The third-order valence-corrected chi connectivity index (χ3v) is 3.69. The summed E-state index contributed by atoms with van der Waals surface area (Å²) in [6.07, 6.45) is 4.92. The van der Waals surface area contributed by atoms with E-state index in [-0.39, 0.29) is 5.91 Å². The molecule has 2 aromatic rings. The number of hydrogen-bond donors (Lipinski definition) is 1. The molecule has 0 aliphatic carbocycles. The molecule has 0 spiro atoms. The van der Waals surface area contributed by atoms with Crippen molar-refractivity contribution in [1.29, 1.82) is 0 Å². The van der Waals surface area contributed by atoms with Gasteiger partial charge < -0.3 is 15.1 Å². The summed E-state index contributed by atoms with van der Waals surface area (Å²) in [7, 11) is 0. The molecule has 0 aromatic carbocycles. The first kappa shape index (κ1) is 12.7. The number of aryl methyl sites for hydroxylation is 1. The van der Waals surface area contributed by atoms with Gasteiger partial charge in [-0.2, -0.15) is 5.10 Å². The van der Waals surface area contributed by atoms with Crippen LogP contribution in [0.4, 0.5) is 5.82 Å². The molecular formula is C13H17N5O2. The van der Waals surface area contributed by atoms with Gasteiger partial charge in [0, 0.05) is 19.3 Å². The predicted molar refractivity (Wildman–Crippen MR) is 72.1 cm³/mol. The molecule has 1 aliphatic heterocycles. The average Bonchev–Trinajstić information content (AvgIpc) is 3.07. The van der Waals surface area contributed by atoms with Gasteiger partial charge >= 0.3 is 0 Å². The monoisotopic (exact) mass is 275 g/mol. The SMILES string of the molecule is Cc1ncoc1C(=O)N1CCC(n2ccc(N)n2)CC1. The topological polar surface area (TPSA) is 90.2 Å². The van der Waals surface area contributed by atoms with Gasteiger partial charge in [-0.3, -0.25) is 9.48 Å². The van der Waals surface area contributed by atoms with Gasteiger partial charge in [0.2, 0.25) is 5.76 Å². The minimum absolute atomic E-state index is 0.0848. The zero-order valence-electron chi connectivity index (χ0n) is 11.3. The maximum absolute atomic E-state index is 12.3. The van der Waals surface area contributed by atoms with Crippen molar-refractivity contribution in [2.24, 2.45) is 0 Å². The van der Waals surface area contributed by atoms with Gasteiger partial charge in [0.05, 0.1) is 11.7 Å². The van der Waals surface area contributed by atoms with Crippen molar-refractivity contribution in [2.45, 2.75) is 25.8 Å². The number of carbonyl (C=O) groups is 1. The molecule has 1 fully saturated rings. The summed E-state index contributed by atoms with van der Waals surface area (Å²) in [5, 5.41) is 4.23. The Morgan fingerprint density at radius 3 is 2.75 bits per heavy atom. The quantitative estimate of drug-likeness (QED) is 0.890. The second kappa shape index (κ2) is 4.99. The zero-order valence-corrected chi connectivity index (χ0v) is 11.3. The largest absolute Gasteiger partial charge is 0.438 e. The Bertz CT molecular complexity index is 610. The Morgan fingerprint density at radius 2 is 2.20 bits per heavy atom. The molecule has 0 saturated carbocycles. The number of hydrogen-bond acceptors (Lipinski definition) is 5. The van der Waals surface area contributed by atoms with E-state index in [1.807, 2.05) is 10.9 Å². The molecule has 2 aromatic heterocycles. The van der Waals surface area contributed by atoms with Crippen molar-refractivity contribution in [3.05, 3.63) is 30.1 Å². The summed E-state index contributed by atoms with van der Waals surface area (Å²) in [6, 6.07) is 2.09. The Balaban J connectivity index is 1.64. The first-order valence-electron chi connectivity index (χ1n) is 6.65. The number of oxazole rings is 1. The molecule has 1 aliphatic rings. The molecule has 106 valence electrons. The fourth-order valence-electron chi connectivity index (χ4n) is 2.54. The van der Waals surface area contributed by atoms with Gasteiger partial charge in [0.25, 0.3) is 5.91 Å². The number of carbonyl (C=O) groups excluding carboxylic acids is 1. The summed E-state index contributed by atoms with van der Waals surface area (Å²) in [4.78, 5) is 18.0. The lowest BCUT2D eigenvalue weighted by atomic mass is 10.0. The van der Waals surface area contributed by atoms with Gasteiger partial charge in [0.15, 0.2) is 6.39 Å². The summed E-state index contributed by atoms with van der Waals surface area (Å²) < 4.78 is 7.04. The van der Waals surface area contributed by atoms with Gasteiger partial charge in [-0.15, -0.1) is 0 Å². The van der Waals surface area contributed by atoms with Crippen LogP contribution in [0, 0.1) is 6.92 Å². The fraction of sp³-hybridized carbons (Fsp3) is 0.462. The number of rotatable bonds is 2. The summed E-state index contributed by atoms with van der Waals surface area (Å²) in [6.45, 7) is 3.14. The molecule has 1 amide bonds. The van der Waals surface area contributed by atoms with E-state index in [0.29, 0.717) is 36.4 Å². The van der Waals surface area contributed by atoms with Crippen molar-refractivity contribution in [3.63, 3.8) is 0 Å². The van der Waals surface area contributed by atoms with Crippen molar-refractivity contribution >= 4 is 11.7 Å². The summed E-state index contributed by atoms with van der Waals surface area (Å²) >= 11 is 0. The molecule has 0 atom stereocenters. The van der Waals surface area contributed by atoms with E-state index >= 15 is 0 Å². The number of anilines is 1. The van der Waals surface area contributed by atoms with Crippen LogP contribution in [-0.4, -0.2) is 38.7 Å². The lowest BCUT2D eigenvalue weighted by Crippen LogP contribution is -2.39. The van der Waals surface area contributed by atoms with E-state index in [1.54, 1.807) is 17.9 Å². The van der Waals surface area contributed by atoms with E-state index in [2.05, 4.69) is 10.1 Å². The van der Waals surface area contributed by atoms with Crippen LogP contribution in [0.1, 0.15) is 35.1 Å². The normalized spacial score (nSPS) is 16.6. The highest BCUT2D eigenvalue weighted by atomic mass is 16.3. The number of nitrogen functional groups attached to an aromatic ring is 1. The Kier molecular flexibility index (Phi) is 3.17. The second-order valence-electron chi connectivity index (χ2n) is 5.01. The number of amides is 1. The van der Waals surface area contributed by atoms with Crippen LogP contribution in [0.25, 0.3) is 0 Å². The standard InChI is InChI=1S/C13H17N5O2/c1-9-12(20-8-15-9)13(19)17-5-2-10(3-6-17)18-7-4-11(14)16-18/h4,7-8,10H,2-3,5-6H2,1H3,(H2,14,16). The lowest BCUT2D eigenvalue weighted by molar-refractivity contribution is 0.0657. The number of nitrogens with two attached hydrogens (primary N) is 1. The van der Waals surface area contributed by atoms with Crippen LogP contribution < -0.4 is 5.73 Å². The number of likely N-dealkylation sites (tertiary alicyclic amines) is 1. The van der Waals surface area contributed by atoms with Crippen LogP contribution >= 0.6 is 0 Å². The smallest absolute Gasteiger partial charge is 0.291 e. The molecule has 0 bridgehead atoms. The molecule has 0 unspecified atom stereocenters. The van der Waals surface area contributed by atoms with Crippen LogP contribution in [-0.2, 0) is 0 Å². The van der Waals surface area contributed by atoms with E-state index in [9.17, 15) is 4.79 Å². The fourth-order valence-corrected chi connectivity index (χ4v) is 2.54. The molecule has 7 heteroatoms. The second-order valence-corrected chi connectivity index (χ2v) is 5.01. The summed E-state index contributed by atoms with van der Waals surface area (Å²) in [5.74, 6) is 0.783. The third-order valence-electron chi connectivity index (χ3n) is 3.69. The van der Waals surface area contributed by atoms with Crippen molar-refractivity contribution < 1.29 is 9.21 Å². The van der Waals surface area contributed by atoms with Crippen LogP contribution in [0.5, 0.6) is 0 Å². The van der Waals surface area contributed by atoms with Crippen LogP contribution in [0.15, 0.2) is 23.1 Å². The highest BCUT2D eigenvalue weighted by Gasteiger charge is 2.27. The molecular weight excluding hydrogens is 258 g/mol. The molecule has 1 saturated heterocycles. The van der Waals surface area contributed by atoms with Crippen LogP contribution in [0.3, 0.4) is 0 Å². The first-order chi connectivity index (χ1) is 9.65. The molecule has 3 rings (SSSR count). The number of piperidine rings is 1. The van der Waals surface area contributed by atoms with Crippen molar-refractivity contribution in [3.8, 4) is 0 Å². The maximum Gasteiger partial charge on any atom is 0.291 e. The van der Waals surface area contributed by atoms with E-state index in [1.165, 1.54) is 6.39 Å². The van der Waals surface area contributed by atoms with E-state index in [4.69, 9.17) is 10.2 Å². The average molecular weight is 275 g/mol. The zero-order chi connectivity index (χ0) is 14.1. The number of aromatic nitrogens is 3. The highest BCUT2D eigenvalue weighted by molar-refractivity contribution is 5.92. The summed E-state index contributed by atoms with van der Waals surface area (Å²) in [5.41, 5.74) is 6.26. The van der Waals surface area contributed by atoms with Crippen LogP contribution in [0.2, 0.25) is 0 Å². The van der Waals surface area contributed by atoms with Crippen molar-refractivity contribution in [2.75, 3.05) is 18.8 Å². The first-order valence-corrected chi connectivity index (χ1v) is 6.65. The Morgan fingerprint density at radius 1 is 1.45 bits per heavy atom. The lowest BCUT2D eigenvalue weighted by Gasteiger charge is -2.31. The van der Waals surface area contributed by atoms with Gasteiger partial charge in [-0.1, -0.05) is 0 Å². The molecule has 7 nitrogen and oxygen atoms in total. The maximum atomic E-state index is 12.3. The Hall–Kier alpha value is -2.31. The molecule has 2 N–H and O–H groups in total. The van der Waals surface area contributed by atoms with Gasteiger partial charge in [-0.05, 0) is 25.8 Å².